The van der Waals surface area contributed by atoms with Crippen LogP contribution in [0.5, 0.6) is 0 Å². The van der Waals surface area contributed by atoms with Crippen LogP contribution in [-0.2, 0) is 3.43 Å². The third-order valence-corrected chi connectivity index (χ3v) is 4.38. The van der Waals surface area contributed by atoms with Gasteiger partial charge >= 0.3 is 78.8 Å². The molecule has 0 aromatic heterocycles. The Balaban J connectivity index is 2.38. The van der Waals surface area contributed by atoms with E-state index >= 15 is 0 Å². The Labute approximate surface area is 78.9 Å². The summed E-state index contributed by atoms with van der Waals surface area (Å²) in [6.45, 7) is 0. The average molecular weight is 254 g/mol. The predicted molar refractivity (Wildman–Crippen MR) is 43.1 cm³/mol. The normalized spacial score (nSPS) is 19.8. The van der Waals surface area contributed by atoms with E-state index in [4.69, 9.17) is 0 Å². The molecular weight excluding hydrogens is 246 g/mol. The second-order valence-electron chi connectivity index (χ2n) is 3.09. The van der Waals surface area contributed by atoms with Gasteiger partial charge in [0.05, 0.1) is 0 Å². The van der Waals surface area contributed by atoms with Gasteiger partial charge in [0.25, 0.3) is 0 Å². The van der Waals surface area contributed by atoms with Crippen LogP contribution in [0.4, 0.5) is 4.39 Å². The van der Waals surface area contributed by atoms with Crippen molar-refractivity contribution < 1.29 is 4.39 Å². The number of halogens is 1. The minimum absolute atomic E-state index is 0.101. The van der Waals surface area contributed by atoms with Gasteiger partial charge in [-0.1, -0.05) is 0 Å². The van der Waals surface area contributed by atoms with Gasteiger partial charge in [0.15, 0.2) is 0 Å². The minimum atomic E-state index is -0.101. The van der Waals surface area contributed by atoms with Crippen LogP contribution >= 0.6 is 0 Å². The Hall–Kier alpha value is -0.0513. The van der Waals surface area contributed by atoms with Gasteiger partial charge in [-0.2, -0.15) is 0 Å². The Morgan fingerprint density at radius 3 is 2.64 bits per heavy atom. The molecule has 0 saturated heterocycles. The third-order valence-electron chi connectivity index (χ3n) is 2.13. The number of hydrogen-bond acceptors (Lipinski definition) is 0. The molecule has 0 heterocycles. The molecule has 55 valence electrons. The van der Waals surface area contributed by atoms with Gasteiger partial charge in [-0.25, -0.2) is 0 Å². The zero-order valence-corrected chi connectivity index (χ0v) is 8.96. The molecule has 0 unspecified atom stereocenters. The summed E-state index contributed by atoms with van der Waals surface area (Å²) in [6.07, 6.45) is 2.49. The van der Waals surface area contributed by atoms with Crippen LogP contribution in [0.3, 0.4) is 0 Å². The third kappa shape index (κ3) is 1.43. The average Bonchev–Trinajstić information content (AvgIpc) is 2.70. The van der Waals surface area contributed by atoms with E-state index in [1.807, 2.05) is 6.07 Å². The molecule has 2 rings (SSSR count). The SMILES string of the molecule is Fc1cccc([C]2([Sn])CC2)c1. The van der Waals surface area contributed by atoms with Crippen molar-refractivity contribution in [3.05, 3.63) is 35.6 Å². The first-order valence-corrected chi connectivity index (χ1v) is 5.14. The second-order valence-corrected chi connectivity index (χ2v) is 5.82. The quantitative estimate of drug-likeness (QED) is 0.672. The maximum atomic E-state index is 12.7. The van der Waals surface area contributed by atoms with Crippen LogP contribution in [0.15, 0.2) is 24.3 Å². The van der Waals surface area contributed by atoms with Crippen LogP contribution in [0.25, 0.3) is 0 Å². The summed E-state index contributed by atoms with van der Waals surface area (Å²) in [5, 5.41) is 0. The van der Waals surface area contributed by atoms with E-state index in [9.17, 15) is 4.39 Å². The summed E-state index contributed by atoms with van der Waals surface area (Å²) in [7, 11) is 0. The fourth-order valence-corrected chi connectivity index (χ4v) is 2.00. The van der Waals surface area contributed by atoms with Crippen molar-refractivity contribution in [1.82, 2.24) is 0 Å². The van der Waals surface area contributed by atoms with E-state index in [0.717, 1.165) is 0 Å². The van der Waals surface area contributed by atoms with Gasteiger partial charge in [0.2, 0.25) is 0 Å². The summed E-state index contributed by atoms with van der Waals surface area (Å²) in [5.74, 6) is -0.101. The number of rotatable bonds is 1. The monoisotopic (exact) mass is 255 g/mol. The van der Waals surface area contributed by atoms with E-state index in [0.29, 0.717) is 3.43 Å². The first-order valence-electron chi connectivity index (χ1n) is 3.72. The van der Waals surface area contributed by atoms with Gasteiger partial charge in [0, 0.05) is 0 Å². The molecular formula is C9H8FSn. The van der Waals surface area contributed by atoms with Gasteiger partial charge in [0.1, 0.15) is 0 Å². The fourth-order valence-electron chi connectivity index (χ4n) is 1.20. The summed E-state index contributed by atoms with van der Waals surface area (Å²) in [5.41, 5.74) is 1.19. The van der Waals surface area contributed by atoms with E-state index in [1.165, 1.54) is 47.0 Å². The van der Waals surface area contributed by atoms with Crippen molar-refractivity contribution in [2.24, 2.45) is 0 Å². The van der Waals surface area contributed by atoms with E-state index in [2.05, 4.69) is 0 Å². The molecule has 0 spiro atoms. The molecule has 0 atom stereocenters. The molecule has 0 amide bonds. The van der Waals surface area contributed by atoms with Gasteiger partial charge < -0.3 is 0 Å². The summed E-state index contributed by atoms with van der Waals surface area (Å²) < 4.78 is 13.1. The van der Waals surface area contributed by atoms with E-state index in [1.54, 1.807) is 12.1 Å². The molecule has 1 aliphatic carbocycles. The topological polar surface area (TPSA) is 0 Å². The summed E-state index contributed by atoms with van der Waals surface area (Å²) in [4.78, 5) is 0. The standard InChI is InChI=1S/C9H8F.Sn/c10-9-3-1-2-8(6-9)7-4-5-7;/h1-3,6H,4-5H2;. The molecule has 0 bridgehead atoms. The molecule has 1 aliphatic rings. The van der Waals surface area contributed by atoms with Crippen molar-refractivity contribution in [2.45, 2.75) is 16.3 Å². The zero-order valence-electron chi connectivity index (χ0n) is 6.10. The Morgan fingerprint density at radius 2 is 2.09 bits per heavy atom. The molecule has 3 radical (unpaired) electrons. The van der Waals surface area contributed by atoms with Gasteiger partial charge in [-0.15, -0.1) is 0 Å². The molecule has 1 aromatic rings. The van der Waals surface area contributed by atoms with Crippen LogP contribution in [0.2, 0.25) is 0 Å². The van der Waals surface area contributed by atoms with Crippen molar-refractivity contribution in [3.63, 3.8) is 0 Å². The summed E-state index contributed by atoms with van der Waals surface area (Å²) in [6, 6.07) is 7.01. The Morgan fingerprint density at radius 1 is 1.36 bits per heavy atom. The first-order chi connectivity index (χ1) is 5.21. The molecule has 1 fully saturated rings. The molecule has 2 heteroatoms. The van der Waals surface area contributed by atoms with E-state index in [-0.39, 0.29) is 5.82 Å². The molecule has 1 saturated carbocycles. The van der Waals surface area contributed by atoms with Crippen molar-refractivity contribution in [1.29, 1.82) is 0 Å². The molecule has 11 heavy (non-hydrogen) atoms. The molecule has 0 aliphatic heterocycles. The van der Waals surface area contributed by atoms with Crippen molar-refractivity contribution >= 4 is 22.5 Å². The molecule has 0 nitrogen and oxygen atoms in total. The maximum absolute atomic E-state index is 12.7. The van der Waals surface area contributed by atoms with Crippen LogP contribution in [0, 0.1) is 5.82 Å². The van der Waals surface area contributed by atoms with Crippen LogP contribution < -0.4 is 0 Å². The predicted octanol–water partition coefficient (Wildman–Crippen LogP) is 1.98. The Bertz CT molecular complexity index is 279. The van der Waals surface area contributed by atoms with Crippen molar-refractivity contribution in [2.75, 3.05) is 0 Å². The zero-order chi connectivity index (χ0) is 7.90. The van der Waals surface area contributed by atoms with Gasteiger partial charge in [-0.3, -0.25) is 0 Å². The number of hydrogen-bond donors (Lipinski definition) is 0. The molecule has 0 N–H and O–H groups in total. The summed E-state index contributed by atoms with van der Waals surface area (Å²) >= 11 is 1.52. The fraction of sp³-hybridized carbons (Fsp3) is 0.333. The van der Waals surface area contributed by atoms with Crippen LogP contribution in [0.1, 0.15) is 18.4 Å². The Kier molecular flexibility index (Phi) is 1.71. The number of benzene rings is 1. The van der Waals surface area contributed by atoms with Crippen LogP contribution in [-0.4, -0.2) is 22.5 Å². The first kappa shape index (κ1) is 7.59. The van der Waals surface area contributed by atoms with Crippen molar-refractivity contribution in [3.8, 4) is 0 Å². The van der Waals surface area contributed by atoms with Gasteiger partial charge in [-0.05, 0) is 0 Å². The molecule has 1 aromatic carbocycles. The van der Waals surface area contributed by atoms with E-state index < -0.39 is 0 Å². The second kappa shape index (κ2) is 2.47.